The number of nitrogens with zero attached hydrogens (tertiary/aromatic N) is 4. The lowest BCUT2D eigenvalue weighted by atomic mass is 9.91. The lowest BCUT2D eigenvalue weighted by Gasteiger charge is -2.32. The number of ether oxygens (including phenoxy) is 1. The molecule has 39 heavy (non-hydrogen) atoms. The molecule has 198 valence electrons. The smallest absolute Gasteiger partial charge is 0.271 e. The fourth-order valence-electron chi connectivity index (χ4n) is 5.38. The molecular weight excluding hydrogens is 488 g/mol. The Morgan fingerprint density at radius 3 is 2.49 bits per heavy atom. The zero-order valence-electron chi connectivity index (χ0n) is 22.6. The molecule has 1 aromatic heterocycles. The Morgan fingerprint density at radius 1 is 1.08 bits per heavy atom. The van der Waals surface area contributed by atoms with Gasteiger partial charge in [0.05, 0.1) is 12.3 Å². The number of carbonyl (C=O) groups is 2. The van der Waals surface area contributed by atoms with E-state index in [1.807, 2.05) is 61.7 Å². The highest BCUT2D eigenvalue weighted by molar-refractivity contribution is 6.20. The summed E-state index contributed by atoms with van der Waals surface area (Å²) >= 11 is 0. The fourth-order valence-corrected chi connectivity index (χ4v) is 5.38. The first-order valence-corrected chi connectivity index (χ1v) is 13.5. The van der Waals surface area contributed by atoms with Crippen molar-refractivity contribution in [2.45, 2.75) is 58.9 Å². The summed E-state index contributed by atoms with van der Waals surface area (Å²) in [7, 11) is 0. The van der Waals surface area contributed by atoms with E-state index in [4.69, 9.17) is 9.84 Å². The average Bonchev–Trinajstić information content (AvgIpc) is 3.61. The standard InChI is InChI=1S/C32H32N4O3/c1-4-16-39-26-14-15-27(21(2)17-26)30-23(20-35(34-30)24-10-6-5-7-11-24)18-28-22(3)29(19-33)32(38)36(31(28)37)25-12-8-9-13-25/h5-7,10-11,14-15,17-18,20,25H,4,8-9,12-13,16H2,1-3H3/b28-18+. The zero-order chi connectivity index (χ0) is 27.5. The minimum absolute atomic E-state index is 0.0263. The molecule has 7 heteroatoms. The monoisotopic (exact) mass is 520 g/mol. The van der Waals surface area contributed by atoms with E-state index in [0.29, 0.717) is 23.4 Å². The zero-order valence-corrected chi connectivity index (χ0v) is 22.6. The normalized spacial score (nSPS) is 17.3. The van der Waals surface area contributed by atoms with E-state index in [1.165, 1.54) is 4.90 Å². The molecular formula is C32H32N4O3. The van der Waals surface area contributed by atoms with Gasteiger partial charge in [0, 0.05) is 28.9 Å². The van der Waals surface area contributed by atoms with Crippen molar-refractivity contribution in [1.82, 2.24) is 14.7 Å². The molecule has 2 aromatic carbocycles. The first-order valence-electron chi connectivity index (χ1n) is 13.5. The van der Waals surface area contributed by atoms with E-state index < -0.39 is 5.91 Å². The summed E-state index contributed by atoms with van der Waals surface area (Å²) in [6.07, 6.45) is 8.07. The van der Waals surface area contributed by atoms with Crippen LogP contribution < -0.4 is 4.74 Å². The van der Waals surface area contributed by atoms with Crippen LogP contribution in [0.5, 0.6) is 5.75 Å². The van der Waals surface area contributed by atoms with Crippen molar-refractivity contribution < 1.29 is 14.3 Å². The number of benzene rings is 2. The van der Waals surface area contributed by atoms with Crippen LogP contribution in [0.2, 0.25) is 0 Å². The highest BCUT2D eigenvalue weighted by Crippen LogP contribution is 2.36. The maximum Gasteiger partial charge on any atom is 0.271 e. The lowest BCUT2D eigenvalue weighted by molar-refractivity contribution is -0.143. The minimum atomic E-state index is -0.484. The van der Waals surface area contributed by atoms with Crippen molar-refractivity contribution in [1.29, 1.82) is 5.26 Å². The molecule has 7 nitrogen and oxygen atoms in total. The van der Waals surface area contributed by atoms with Gasteiger partial charge in [0.15, 0.2) is 0 Å². The van der Waals surface area contributed by atoms with Crippen molar-refractivity contribution in [3.05, 3.63) is 82.6 Å². The van der Waals surface area contributed by atoms with E-state index in [0.717, 1.165) is 60.2 Å². The second-order valence-corrected chi connectivity index (χ2v) is 10.1. The van der Waals surface area contributed by atoms with Crippen molar-refractivity contribution in [3.63, 3.8) is 0 Å². The Balaban J connectivity index is 1.66. The highest BCUT2D eigenvalue weighted by atomic mass is 16.5. The van der Waals surface area contributed by atoms with Crippen LogP contribution in [-0.4, -0.2) is 39.1 Å². The van der Waals surface area contributed by atoms with Crippen LogP contribution in [0, 0.1) is 18.3 Å². The minimum Gasteiger partial charge on any atom is -0.494 e. The molecule has 1 fully saturated rings. The van der Waals surface area contributed by atoms with E-state index in [2.05, 4.69) is 13.0 Å². The largest absolute Gasteiger partial charge is 0.494 e. The van der Waals surface area contributed by atoms with E-state index in [-0.39, 0.29) is 17.5 Å². The summed E-state index contributed by atoms with van der Waals surface area (Å²) in [5.41, 5.74) is 5.00. The molecule has 0 bridgehead atoms. The molecule has 1 saturated carbocycles. The van der Waals surface area contributed by atoms with Gasteiger partial charge in [0.1, 0.15) is 23.1 Å². The molecule has 0 N–H and O–H groups in total. The number of rotatable bonds is 7. The van der Waals surface area contributed by atoms with E-state index in [1.54, 1.807) is 17.7 Å². The maximum atomic E-state index is 13.8. The number of imide groups is 1. The molecule has 0 saturated heterocycles. The van der Waals surface area contributed by atoms with E-state index >= 15 is 0 Å². The molecule has 0 atom stereocenters. The van der Waals surface area contributed by atoms with E-state index in [9.17, 15) is 14.9 Å². The van der Waals surface area contributed by atoms with Crippen LogP contribution in [0.25, 0.3) is 23.0 Å². The Hall–Kier alpha value is -4.44. The van der Waals surface area contributed by atoms with Gasteiger partial charge in [-0.25, -0.2) is 4.68 Å². The summed E-state index contributed by atoms with van der Waals surface area (Å²) in [6, 6.07) is 17.6. The molecule has 1 aliphatic heterocycles. The van der Waals surface area contributed by atoms with Crippen molar-refractivity contribution >= 4 is 17.9 Å². The van der Waals surface area contributed by atoms with Crippen molar-refractivity contribution in [3.8, 4) is 28.8 Å². The summed E-state index contributed by atoms with van der Waals surface area (Å²) in [5, 5.41) is 14.8. The van der Waals surface area contributed by atoms with Crippen LogP contribution in [0.1, 0.15) is 57.1 Å². The number of hydrogen-bond acceptors (Lipinski definition) is 5. The lowest BCUT2D eigenvalue weighted by Crippen LogP contribution is -2.47. The first-order chi connectivity index (χ1) is 18.9. The third-order valence-electron chi connectivity index (χ3n) is 7.45. The second kappa shape index (κ2) is 11.1. The van der Waals surface area contributed by atoms with Gasteiger partial charge in [-0.3, -0.25) is 14.5 Å². The number of hydrogen-bond donors (Lipinski definition) is 0. The quantitative estimate of drug-likeness (QED) is 0.275. The summed E-state index contributed by atoms with van der Waals surface area (Å²) in [6.45, 7) is 6.40. The molecule has 1 aliphatic carbocycles. The van der Waals surface area contributed by atoms with Crippen LogP contribution in [0.15, 0.2) is 71.4 Å². The molecule has 2 heterocycles. The number of para-hydroxylation sites is 1. The Kier molecular flexibility index (Phi) is 7.47. The predicted octanol–water partition coefficient (Wildman–Crippen LogP) is 6.17. The molecule has 0 radical (unpaired) electrons. The third kappa shape index (κ3) is 5.03. The molecule has 0 unspecified atom stereocenters. The Morgan fingerprint density at radius 2 is 1.82 bits per heavy atom. The highest BCUT2D eigenvalue weighted by Gasteiger charge is 2.40. The number of amides is 2. The van der Waals surface area contributed by atoms with Crippen LogP contribution in [-0.2, 0) is 9.59 Å². The number of nitriles is 1. The van der Waals surface area contributed by atoms with Gasteiger partial charge in [-0.2, -0.15) is 10.4 Å². The van der Waals surface area contributed by atoms with Crippen LogP contribution in [0.3, 0.4) is 0 Å². The van der Waals surface area contributed by atoms with Gasteiger partial charge in [0.2, 0.25) is 0 Å². The van der Waals surface area contributed by atoms with Crippen molar-refractivity contribution in [2.75, 3.05) is 6.61 Å². The number of aryl methyl sites for hydroxylation is 1. The Labute approximate surface area is 229 Å². The fraction of sp³-hybridized carbons (Fsp3) is 0.312. The molecule has 3 aromatic rings. The predicted molar refractivity (Wildman–Crippen MR) is 150 cm³/mol. The van der Waals surface area contributed by atoms with Gasteiger partial charge in [-0.1, -0.05) is 38.0 Å². The van der Waals surface area contributed by atoms with Crippen LogP contribution in [0.4, 0.5) is 0 Å². The SMILES string of the molecule is CCCOc1ccc(-c2nn(-c3ccccc3)cc2/C=C2/C(=O)N(C3CCCC3)C(=O)C(C#N)=C2C)c(C)c1. The first kappa shape index (κ1) is 26.2. The number of aromatic nitrogens is 2. The van der Waals surface area contributed by atoms with Gasteiger partial charge < -0.3 is 4.74 Å². The van der Waals surface area contributed by atoms with Crippen LogP contribution >= 0.6 is 0 Å². The maximum absolute atomic E-state index is 13.8. The third-order valence-corrected chi connectivity index (χ3v) is 7.45. The summed E-state index contributed by atoms with van der Waals surface area (Å²) in [5.74, 6) is -0.0317. The molecule has 5 rings (SSSR count). The van der Waals surface area contributed by atoms with Gasteiger partial charge in [-0.05, 0) is 80.7 Å². The second-order valence-electron chi connectivity index (χ2n) is 10.1. The molecule has 0 spiro atoms. The van der Waals surface area contributed by atoms with Gasteiger partial charge >= 0.3 is 0 Å². The van der Waals surface area contributed by atoms with Crippen molar-refractivity contribution in [2.24, 2.45) is 0 Å². The number of carbonyl (C=O) groups excluding carboxylic acids is 2. The van der Waals surface area contributed by atoms with Gasteiger partial charge in [-0.15, -0.1) is 0 Å². The molecule has 2 aliphatic rings. The average molecular weight is 521 g/mol. The summed E-state index contributed by atoms with van der Waals surface area (Å²) in [4.78, 5) is 28.3. The Bertz CT molecular complexity index is 1520. The summed E-state index contributed by atoms with van der Waals surface area (Å²) < 4.78 is 7.61. The van der Waals surface area contributed by atoms with Gasteiger partial charge in [0.25, 0.3) is 11.8 Å². The molecule has 2 amide bonds. The topological polar surface area (TPSA) is 88.2 Å².